The van der Waals surface area contributed by atoms with Crippen LogP contribution in [0.2, 0.25) is 0 Å². The molecule has 0 aromatic carbocycles. The monoisotopic (exact) mass is 194 g/mol. The Morgan fingerprint density at radius 2 is 2.15 bits per heavy atom. The van der Waals surface area contributed by atoms with E-state index >= 15 is 0 Å². The molecule has 0 nitrogen and oxygen atoms in total. The summed E-state index contributed by atoms with van der Waals surface area (Å²) in [5, 5.41) is 0. The highest BCUT2D eigenvalue weighted by atomic mass is 32.1. The molecule has 1 unspecified atom stereocenters. The maximum atomic E-state index is 5.27. The molecule has 1 aliphatic carbocycles. The van der Waals surface area contributed by atoms with Crippen LogP contribution >= 0.6 is 12.2 Å². The Kier molecular flexibility index (Phi) is 3.07. The lowest BCUT2D eigenvalue weighted by Gasteiger charge is -2.28. The fraction of sp³-hybridized carbons (Fsp3) is 0.583. The van der Waals surface area contributed by atoms with Crippen molar-refractivity contribution in [3.63, 3.8) is 0 Å². The summed E-state index contributed by atoms with van der Waals surface area (Å²) < 4.78 is 0. The first kappa shape index (κ1) is 10.6. The Hall–Kier alpha value is -0.430. The van der Waals surface area contributed by atoms with Gasteiger partial charge in [-0.25, -0.2) is 0 Å². The molecule has 1 heteroatoms. The molecule has 0 aromatic heterocycles. The van der Waals surface area contributed by atoms with E-state index in [0.717, 1.165) is 11.3 Å². The average molecular weight is 194 g/mol. The van der Waals surface area contributed by atoms with E-state index in [1.54, 1.807) is 0 Å². The van der Waals surface area contributed by atoms with Crippen molar-refractivity contribution >= 4 is 17.1 Å². The van der Waals surface area contributed by atoms with Crippen LogP contribution in [0, 0.1) is 11.3 Å². The fourth-order valence-electron chi connectivity index (χ4n) is 1.39. The Morgan fingerprint density at radius 1 is 1.54 bits per heavy atom. The summed E-state index contributed by atoms with van der Waals surface area (Å²) in [6, 6.07) is 0. The highest BCUT2D eigenvalue weighted by Gasteiger charge is 2.24. The van der Waals surface area contributed by atoms with Gasteiger partial charge in [0.25, 0.3) is 0 Å². The van der Waals surface area contributed by atoms with Crippen LogP contribution in [0.15, 0.2) is 23.8 Å². The van der Waals surface area contributed by atoms with Gasteiger partial charge in [-0.3, -0.25) is 0 Å². The largest absolute Gasteiger partial charge is 0.0890 e. The molecule has 72 valence electrons. The lowest BCUT2D eigenvalue weighted by Crippen LogP contribution is -2.22. The maximum absolute atomic E-state index is 5.27. The Balaban J connectivity index is 2.86. The van der Waals surface area contributed by atoms with Crippen LogP contribution in [-0.2, 0) is 0 Å². The summed E-state index contributed by atoms with van der Waals surface area (Å²) in [6.45, 7) is 8.66. The first-order chi connectivity index (χ1) is 5.94. The summed E-state index contributed by atoms with van der Waals surface area (Å²) in [5.41, 5.74) is 1.43. The van der Waals surface area contributed by atoms with Gasteiger partial charge in [-0.2, -0.15) is 0 Å². The van der Waals surface area contributed by atoms with E-state index in [4.69, 9.17) is 12.2 Å². The molecular formula is C12H18S. The number of thiocarbonyl (C=S) groups is 1. The van der Waals surface area contributed by atoms with Gasteiger partial charge >= 0.3 is 0 Å². The third-order valence-corrected chi connectivity index (χ3v) is 3.43. The molecular weight excluding hydrogens is 176 g/mol. The lowest BCUT2D eigenvalue weighted by atomic mass is 9.78. The molecule has 0 saturated carbocycles. The minimum Gasteiger partial charge on any atom is -0.0890 e. The summed E-state index contributed by atoms with van der Waals surface area (Å²) in [6.07, 6.45) is 7.97. The second kappa shape index (κ2) is 3.75. The minimum atomic E-state index is 0.0615. The SMILES string of the molecule is CC(=S)C(C)(C)C1=CCC(C)C=C1. The molecule has 0 amide bonds. The zero-order valence-electron chi connectivity index (χ0n) is 8.92. The van der Waals surface area contributed by atoms with Crippen molar-refractivity contribution in [1.82, 2.24) is 0 Å². The maximum Gasteiger partial charge on any atom is 0.0203 e. The van der Waals surface area contributed by atoms with Crippen molar-refractivity contribution in [3.05, 3.63) is 23.8 Å². The van der Waals surface area contributed by atoms with E-state index in [2.05, 4.69) is 39.0 Å². The molecule has 0 heterocycles. The molecule has 0 aliphatic heterocycles. The van der Waals surface area contributed by atoms with E-state index in [1.165, 1.54) is 5.57 Å². The van der Waals surface area contributed by atoms with Crippen molar-refractivity contribution in [3.8, 4) is 0 Å². The summed E-state index contributed by atoms with van der Waals surface area (Å²) in [4.78, 5) is 1.07. The first-order valence-corrected chi connectivity index (χ1v) is 5.25. The Bertz CT molecular complexity index is 269. The third-order valence-electron chi connectivity index (χ3n) is 2.92. The summed E-state index contributed by atoms with van der Waals surface area (Å²) in [7, 11) is 0. The predicted molar refractivity (Wildman–Crippen MR) is 63.1 cm³/mol. The van der Waals surface area contributed by atoms with Gasteiger partial charge in [-0.05, 0) is 29.7 Å². The first-order valence-electron chi connectivity index (χ1n) is 4.84. The molecule has 1 aliphatic rings. The molecule has 0 aromatic rings. The fourth-order valence-corrected chi connectivity index (χ4v) is 1.51. The quantitative estimate of drug-likeness (QED) is 0.600. The van der Waals surface area contributed by atoms with Gasteiger partial charge in [0.1, 0.15) is 0 Å². The molecule has 0 saturated heterocycles. The van der Waals surface area contributed by atoms with Crippen LogP contribution in [-0.4, -0.2) is 4.86 Å². The van der Waals surface area contributed by atoms with Crippen molar-refractivity contribution in [2.75, 3.05) is 0 Å². The zero-order chi connectivity index (χ0) is 10.1. The second-order valence-corrected chi connectivity index (χ2v) is 5.03. The van der Waals surface area contributed by atoms with Gasteiger partial charge in [0.2, 0.25) is 0 Å². The van der Waals surface area contributed by atoms with Gasteiger partial charge in [0.05, 0.1) is 0 Å². The molecule has 0 radical (unpaired) electrons. The summed E-state index contributed by atoms with van der Waals surface area (Å²) >= 11 is 5.27. The van der Waals surface area contributed by atoms with E-state index in [-0.39, 0.29) is 5.41 Å². The van der Waals surface area contributed by atoms with E-state index in [1.807, 2.05) is 6.92 Å². The Labute approximate surface area is 86.7 Å². The summed E-state index contributed by atoms with van der Waals surface area (Å²) in [5.74, 6) is 0.685. The van der Waals surface area contributed by atoms with Crippen molar-refractivity contribution in [2.45, 2.75) is 34.1 Å². The van der Waals surface area contributed by atoms with Gasteiger partial charge in [0.15, 0.2) is 0 Å². The van der Waals surface area contributed by atoms with Crippen molar-refractivity contribution < 1.29 is 0 Å². The van der Waals surface area contributed by atoms with Gasteiger partial charge in [0, 0.05) is 5.41 Å². The topological polar surface area (TPSA) is 0 Å². The highest BCUT2D eigenvalue weighted by Crippen LogP contribution is 2.32. The minimum absolute atomic E-state index is 0.0615. The van der Waals surface area contributed by atoms with E-state index < -0.39 is 0 Å². The van der Waals surface area contributed by atoms with Crippen LogP contribution in [0.3, 0.4) is 0 Å². The number of rotatable bonds is 2. The Morgan fingerprint density at radius 3 is 2.54 bits per heavy atom. The molecule has 1 rings (SSSR count). The van der Waals surface area contributed by atoms with Crippen molar-refractivity contribution in [1.29, 1.82) is 0 Å². The molecule has 0 spiro atoms. The molecule has 0 N–H and O–H groups in total. The lowest BCUT2D eigenvalue weighted by molar-refractivity contribution is 0.624. The average Bonchev–Trinajstić information content (AvgIpc) is 2.04. The van der Waals surface area contributed by atoms with Crippen molar-refractivity contribution in [2.24, 2.45) is 11.3 Å². The zero-order valence-corrected chi connectivity index (χ0v) is 9.74. The third kappa shape index (κ3) is 2.28. The van der Waals surface area contributed by atoms with Crippen LogP contribution in [0.25, 0.3) is 0 Å². The van der Waals surface area contributed by atoms with Gasteiger partial charge in [-0.15, -0.1) is 0 Å². The second-order valence-electron chi connectivity index (χ2n) is 4.41. The van der Waals surface area contributed by atoms with E-state index in [0.29, 0.717) is 5.92 Å². The van der Waals surface area contributed by atoms with Crippen LogP contribution in [0.1, 0.15) is 34.1 Å². The van der Waals surface area contributed by atoms with Crippen LogP contribution < -0.4 is 0 Å². The molecule has 0 bridgehead atoms. The predicted octanol–water partition coefficient (Wildman–Crippen LogP) is 3.92. The molecule has 13 heavy (non-hydrogen) atoms. The van der Waals surface area contributed by atoms with Crippen LogP contribution in [0.4, 0.5) is 0 Å². The smallest absolute Gasteiger partial charge is 0.0203 e. The van der Waals surface area contributed by atoms with E-state index in [9.17, 15) is 0 Å². The standard InChI is InChI=1S/C12H18S/c1-9-5-7-11(8-6-9)12(3,4)10(2)13/h5,7-9H,6H2,1-4H3. The van der Waals surface area contributed by atoms with Crippen LogP contribution in [0.5, 0.6) is 0 Å². The number of hydrogen-bond donors (Lipinski definition) is 0. The van der Waals surface area contributed by atoms with Gasteiger partial charge in [-0.1, -0.05) is 51.2 Å². The normalized spacial score (nSPS) is 22.8. The van der Waals surface area contributed by atoms with Gasteiger partial charge < -0.3 is 0 Å². The highest BCUT2D eigenvalue weighted by molar-refractivity contribution is 7.80. The molecule has 0 fully saturated rings. The number of allylic oxidation sites excluding steroid dienone is 4. The molecule has 1 atom stereocenters. The number of hydrogen-bond acceptors (Lipinski definition) is 1.